The minimum absolute atomic E-state index is 0.339. The summed E-state index contributed by atoms with van der Waals surface area (Å²) < 4.78 is 11.6. The van der Waals surface area contributed by atoms with Gasteiger partial charge < -0.3 is 14.6 Å². The number of para-hydroxylation sites is 1. The molecule has 22 heavy (non-hydrogen) atoms. The zero-order valence-corrected chi connectivity index (χ0v) is 12.7. The fourth-order valence-corrected chi connectivity index (χ4v) is 2.87. The van der Waals surface area contributed by atoms with Crippen LogP contribution in [0.3, 0.4) is 0 Å². The molecule has 0 saturated carbocycles. The van der Waals surface area contributed by atoms with E-state index in [9.17, 15) is 5.11 Å². The highest BCUT2D eigenvalue weighted by Crippen LogP contribution is 2.35. The van der Waals surface area contributed by atoms with Crippen LogP contribution in [-0.2, 0) is 6.42 Å². The van der Waals surface area contributed by atoms with Crippen molar-refractivity contribution in [2.24, 2.45) is 0 Å². The van der Waals surface area contributed by atoms with E-state index in [0.29, 0.717) is 13.2 Å². The van der Waals surface area contributed by atoms with Gasteiger partial charge in [-0.25, -0.2) is 0 Å². The second-order valence-corrected chi connectivity index (χ2v) is 5.60. The number of aliphatic hydroxyl groups is 1. The third kappa shape index (κ3) is 3.60. The van der Waals surface area contributed by atoms with Crippen molar-refractivity contribution in [3.63, 3.8) is 0 Å². The summed E-state index contributed by atoms with van der Waals surface area (Å²) in [5.74, 6) is 1.80. The van der Waals surface area contributed by atoms with E-state index in [-0.39, 0.29) is 6.10 Å². The zero-order chi connectivity index (χ0) is 15.2. The van der Waals surface area contributed by atoms with Gasteiger partial charge in [0.05, 0.1) is 19.3 Å². The van der Waals surface area contributed by atoms with E-state index in [1.807, 2.05) is 48.5 Å². The quantitative estimate of drug-likeness (QED) is 0.822. The Bertz CT molecular complexity index is 595. The summed E-state index contributed by atoms with van der Waals surface area (Å²) in [6.45, 7) is 1.26. The summed E-state index contributed by atoms with van der Waals surface area (Å²) in [5, 5.41) is 10.0. The maximum absolute atomic E-state index is 10.0. The first-order chi connectivity index (χ1) is 10.8. The molecule has 1 aliphatic rings. The van der Waals surface area contributed by atoms with Gasteiger partial charge >= 0.3 is 0 Å². The Hall–Kier alpha value is -2.00. The molecule has 0 aliphatic heterocycles. The topological polar surface area (TPSA) is 38.7 Å². The highest BCUT2D eigenvalue weighted by molar-refractivity contribution is 5.42. The standard InChI is InChI=1S/C19H22O3/c20-18-11-4-10-17-16(18)9-5-12-19(17)22-14-6-13-21-15-7-2-1-3-8-15/h1-3,5,7-9,12,18,20H,4,6,10-11,13-14H2/t18-/m0/s1. The third-order valence-corrected chi connectivity index (χ3v) is 3.99. The van der Waals surface area contributed by atoms with Crippen LogP contribution >= 0.6 is 0 Å². The van der Waals surface area contributed by atoms with Crippen molar-refractivity contribution in [2.75, 3.05) is 13.2 Å². The second kappa shape index (κ2) is 7.32. The van der Waals surface area contributed by atoms with Crippen LogP contribution in [0.5, 0.6) is 11.5 Å². The Kier molecular flexibility index (Phi) is 4.96. The van der Waals surface area contributed by atoms with Crippen molar-refractivity contribution < 1.29 is 14.6 Å². The number of ether oxygens (including phenoxy) is 2. The summed E-state index contributed by atoms with van der Waals surface area (Å²) in [6.07, 6.45) is 3.35. The average molecular weight is 298 g/mol. The van der Waals surface area contributed by atoms with Crippen LogP contribution in [-0.4, -0.2) is 18.3 Å². The predicted molar refractivity (Wildman–Crippen MR) is 86.4 cm³/mol. The maximum atomic E-state index is 10.0. The molecule has 116 valence electrons. The first-order valence-electron chi connectivity index (χ1n) is 7.95. The Balaban J connectivity index is 1.49. The number of aliphatic hydroxyl groups excluding tert-OH is 1. The maximum Gasteiger partial charge on any atom is 0.122 e. The molecule has 0 bridgehead atoms. The van der Waals surface area contributed by atoms with Gasteiger partial charge in [-0.05, 0) is 48.6 Å². The van der Waals surface area contributed by atoms with Gasteiger partial charge in [-0.2, -0.15) is 0 Å². The van der Waals surface area contributed by atoms with Crippen molar-refractivity contribution in [1.29, 1.82) is 0 Å². The lowest BCUT2D eigenvalue weighted by Crippen LogP contribution is -2.12. The van der Waals surface area contributed by atoms with Crippen molar-refractivity contribution in [1.82, 2.24) is 0 Å². The molecule has 0 spiro atoms. The van der Waals surface area contributed by atoms with Crippen molar-refractivity contribution in [3.05, 3.63) is 59.7 Å². The lowest BCUT2D eigenvalue weighted by Gasteiger charge is -2.23. The van der Waals surface area contributed by atoms with Crippen molar-refractivity contribution in [2.45, 2.75) is 31.8 Å². The van der Waals surface area contributed by atoms with Crippen LogP contribution < -0.4 is 9.47 Å². The van der Waals surface area contributed by atoms with Gasteiger partial charge in [-0.1, -0.05) is 30.3 Å². The summed E-state index contributed by atoms with van der Waals surface area (Å²) in [7, 11) is 0. The van der Waals surface area contributed by atoms with Gasteiger partial charge in [-0.15, -0.1) is 0 Å². The molecule has 0 aromatic heterocycles. The molecule has 3 heteroatoms. The Morgan fingerprint density at radius 1 is 0.955 bits per heavy atom. The van der Waals surface area contributed by atoms with E-state index in [0.717, 1.165) is 42.7 Å². The zero-order valence-electron chi connectivity index (χ0n) is 12.7. The molecule has 1 aliphatic carbocycles. The number of fused-ring (bicyclic) bond motifs is 1. The van der Waals surface area contributed by atoms with E-state index in [2.05, 4.69) is 0 Å². The van der Waals surface area contributed by atoms with Crippen LogP contribution in [0.25, 0.3) is 0 Å². The molecule has 2 aromatic carbocycles. The van der Waals surface area contributed by atoms with E-state index in [4.69, 9.17) is 9.47 Å². The van der Waals surface area contributed by atoms with Gasteiger partial charge in [-0.3, -0.25) is 0 Å². The number of rotatable bonds is 6. The molecule has 0 radical (unpaired) electrons. The largest absolute Gasteiger partial charge is 0.493 e. The number of benzene rings is 2. The van der Waals surface area contributed by atoms with Gasteiger partial charge in [0, 0.05) is 6.42 Å². The monoisotopic (exact) mass is 298 g/mol. The fourth-order valence-electron chi connectivity index (χ4n) is 2.87. The molecule has 0 fully saturated rings. The molecule has 0 heterocycles. The van der Waals surface area contributed by atoms with E-state index >= 15 is 0 Å². The fraction of sp³-hybridized carbons (Fsp3) is 0.368. The molecule has 0 amide bonds. The molecule has 1 atom stereocenters. The second-order valence-electron chi connectivity index (χ2n) is 5.60. The highest BCUT2D eigenvalue weighted by atomic mass is 16.5. The highest BCUT2D eigenvalue weighted by Gasteiger charge is 2.20. The lowest BCUT2D eigenvalue weighted by atomic mass is 9.89. The van der Waals surface area contributed by atoms with Gasteiger partial charge in [0.2, 0.25) is 0 Å². The minimum Gasteiger partial charge on any atom is -0.493 e. The van der Waals surface area contributed by atoms with Gasteiger partial charge in [0.1, 0.15) is 11.5 Å². The molecule has 0 unspecified atom stereocenters. The van der Waals surface area contributed by atoms with E-state index < -0.39 is 0 Å². The normalized spacial score (nSPS) is 16.9. The number of hydrogen-bond donors (Lipinski definition) is 1. The summed E-state index contributed by atoms with van der Waals surface area (Å²) in [6, 6.07) is 15.8. The van der Waals surface area contributed by atoms with E-state index in [1.54, 1.807) is 0 Å². The van der Waals surface area contributed by atoms with Crippen LogP contribution in [0.1, 0.15) is 36.5 Å². The smallest absolute Gasteiger partial charge is 0.122 e. The molecule has 1 N–H and O–H groups in total. The molecule has 3 rings (SSSR count). The van der Waals surface area contributed by atoms with E-state index in [1.165, 1.54) is 5.56 Å². The van der Waals surface area contributed by atoms with Crippen LogP contribution in [0.2, 0.25) is 0 Å². The van der Waals surface area contributed by atoms with Crippen LogP contribution in [0.4, 0.5) is 0 Å². The first-order valence-corrected chi connectivity index (χ1v) is 7.95. The SMILES string of the molecule is O[C@H]1CCCc2c(OCCCOc3ccccc3)cccc21. The molecule has 0 saturated heterocycles. The van der Waals surface area contributed by atoms with Crippen molar-refractivity contribution in [3.8, 4) is 11.5 Å². The molecular weight excluding hydrogens is 276 g/mol. The Morgan fingerprint density at radius 3 is 2.64 bits per heavy atom. The Morgan fingerprint density at radius 2 is 1.77 bits per heavy atom. The predicted octanol–water partition coefficient (Wildman–Crippen LogP) is 3.90. The van der Waals surface area contributed by atoms with Gasteiger partial charge in [0.15, 0.2) is 0 Å². The summed E-state index contributed by atoms with van der Waals surface area (Å²) in [4.78, 5) is 0. The van der Waals surface area contributed by atoms with Gasteiger partial charge in [0.25, 0.3) is 0 Å². The lowest BCUT2D eigenvalue weighted by molar-refractivity contribution is 0.155. The summed E-state index contributed by atoms with van der Waals surface area (Å²) >= 11 is 0. The van der Waals surface area contributed by atoms with Crippen LogP contribution in [0.15, 0.2) is 48.5 Å². The minimum atomic E-state index is -0.339. The summed E-state index contributed by atoms with van der Waals surface area (Å²) in [5.41, 5.74) is 2.20. The third-order valence-electron chi connectivity index (χ3n) is 3.99. The molecule has 3 nitrogen and oxygen atoms in total. The van der Waals surface area contributed by atoms with Crippen LogP contribution in [0, 0.1) is 0 Å². The number of hydrogen-bond acceptors (Lipinski definition) is 3. The molecule has 2 aromatic rings. The first kappa shape index (κ1) is 14.9. The average Bonchev–Trinajstić information content (AvgIpc) is 2.56. The molecular formula is C19H22O3. The Labute approximate surface area is 131 Å². The van der Waals surface area contributed by atoms with Crippen molar-refractivity contribution >= 4 is 0 Å².